The number of nitrogens with one attached hydrogen (secondary N) is 1. The minimum atomic E-state index is -0.333. The summed E-state index contributed by atoms with van der Waals surface area (Å²) >= 11 is 6.23. The molecule has 0 bridgehead atoms. The maximum atomic E-state index is 13.2. The van der Waals surface area contributed by atoms with Gasteiger partial charge in [0.25, 0.3) is 0 Å². The number of aromatic nitrogens is 3. The molecule has 0 aliphatic carbocycles. The van der Waals surface area contributed by atoms with E-state index in [4.69, 9.17) is 21.4 Å². The van der Waals surface area contributed by atoms with Crippen molar-refractivity contribution in [2.24, 2.45) is 7.05 Å². The highest BCUT2D eigenvalue weighted by Gasteiger charge is 2.23. The monoisotopic (exact) mass is 478 g/mol. The minimum Gasteiger partial charge on any atom is -0.497 e. The molecule has 2 aromatic heterocycles. The number of nitrogens with zero attached hydrogens (tertiary/aromatic N) is 3. The van der Waals surface area contributed by atoms with E-state index in [1.54, 1.807) is 7.11 Å². The van der Waals surface area contributed by atoms with E-state index in [-0.39, 0.29) is 17.2 Å². The second-order valence-corrected chi connectivity index (χ2v) is 10.1. The zero-order chi connectivity index (χ0) is 24.6. The van der Waals surface area contributed by atoms with Gasteiger partial charge in [0, 0.05) is 34.6 Å². The van der Waals surface area contributed by atoms with Crippen LogP contribution < -0.4 is 10.1 Å². The lowest BCUT2D eigenvalue weighted by Crippen LogP contribution is -2.28. The number of halogens is 1. The van der Waals surface area contributed by atoms with Crippen LogP contribution in [0.1, 0.15) is 50.6 Å². The molecule has 7 heteroatoms. The molecule has 0 fully saturated rings. The Balaban J connectivity index is 1.61. The third kappa shape index (κ3) is 4.68. The highest BCUT2D eigenvalue weighted by molar-refractivity contribution is 6.30. The number of carbonyl (C=O) groups is 1. The van der Waals surface area contributed by atoms with Crippen LogP contribution in [0.25, 0.3) is 16.6 Å². The zero-order valence-electron chi connectivity index (χ0n) is 20.5. The Morgan fingerprint density at radius 1 is 1.18 bits per heavy atom. The third-order valence-corrected chi connectivity index (χ3v) is 6.37. The Morgan fingerprint density at radius 3 is 2.62 bits per heavy atom. The fourth-order valence-electron chi connectivity index (χ4n) is 4.09. The summed E-state index contributed by atoms with van der Waals surface area (Å²) in [4.78, 5) is 13.2. The van der Waals surface area contributed by atoms with E-state index >= 15 is 0 Å². The molecule has 1 N–H and O–H groups in total. The normalized spacial score (nSPS) is 12.7. The number of rotatable bonds is 6. The van der Waals surface area contributed by atoms with E-state index in [1.807, 2.05) is 71.9 Å². The second kappa shape index (κ2) is 9.18. The standard InChI is InChI=1S/C27H31ClN4O2/c1-17(23-16-31(5)24-11-10-21(34-6)14-22(23)24)26(33)29-15-20-13-25(27(2,3)4)30-32(20)19-9-7-8-18(28)12-19/h7-14,16-17H,15H2,1-6H3,(H,29,33). The second-order valence-electron chi connectivity index (χ2n) is 9.68. The van der Waals surface area contributed by atoms with Crippen molar-refractivity contribution in [1.29, 1.82) is 0 Å². The number of ether oxygens (including phenoxy) is 1. The predicted molar refractivity (Wildman–Crippen MR) is 137 cm³/mol. The maximum Gasteiger partial charge on any atom is 0.227 e. The lowest BCUT2D eigenvalue weighted by molar-refractivity contribution is -0.122. The molecule has 1 unspecified atom stereocenters. The first-order valence-electron chi connectivity index (χ1n) is 11.3. The van der Waals surface area contributed by atoms with Gasteiger partial charge >= 0.3 is 0 Å². The Bertz CT molecular complexity index is 1350. The molecule has 34 heavy (non-hydrogen) atoms. The van der Waals surface area contributed by atoms with Gasteiger partial charge in [-0.25, -0.2) is 4.68 Å². The SMILES string of the molecule is COc1ccc2c(c1)c(C(C)C(=O)NCc1cc(C(C)(C)C)nn1-c1cccc(Cl)c1)cn2C. The fraction of sp³-hybridized carbons (Fsp3) is 0.333. The van der Waals surface area contributed by atoms with Crippen LogP contribution in [0.5, 0.6) is 5.75 Å². The summed E-state index contributed by atoms with van der Waals surface area (Å²) in [6.45, 7) is 8.65. The van der Waals surface area contributed by atoms with Gasteiger partial charge in [0.15, 0.2) is 0 Å². The molecular weight excluding hydrogens is 448 g/mol. The van der Waals surface area contributed by atoms with Crippen molar-refractivity contribution in [1.82, 2.24) is 19.7 Å². The van der Waals surface area contributed by atoms with Crippen molar-refractivity contribution in [2.45, 2.75) is 45.6 Å². The number of aryl methyl sites for hydroxylation is 1. The van der Waals surface area contributed by atoms with Gasteiger partial charge in [-0.15, -0.1) is 0 Å². The first kappa shape index (κ1) is 23.9. The summed E-state index contributed by atoms with van der Waals surface area (Å²) in [7, 11) is 3.63. The first-order chi connectivity index (χ1) is 16.1. The van der Waals surface area contributed by atoms with Gasteiger partial charge in [-0.1, -0.05) is 38.4 Å². The summed E-state index contributed by atoms with van der Waals surface area (Å²) < 4.78 is 9.30. The molecule has 0 aliphatic rings. The number of hydrogen-bond donors (Lipinski definition) is 1. The van der Waals surface area contributed by atoms with Crippen LogP contribution in [0.3, 0.4) is 0 Å². The summed E-state index contributed by atoms with van der Waals surface area (Å²) in [5.74, 6) is 0.389. The van der Waals surface area contributed by atoms with Crippen LogP contribution >= 0.6 is 11.6 Å². The molecule has 1 atom stereocenters. The summed E-state index contributed by atoms with van der Waals surface area (Å²) in [6.07, 6.45) is 2.02. The molecule has 0 spiro atoms. The van der Waals surface area contributed by atoms with Gasteiger partial charge < -0.3 is 14.6 Å². The van der Waals surface area contributed by atoms with Crippen LogP contribution in [0, 0.1) is 0 Å². The smallest absolute Gasteiger partial charge is 0.227 e. The topological polar surface area (TPSA) is 61.1 Å². The average molecular weight is 479 g/mol. The molecule has 4 aromatic rings. The molecule has 2 heterocycles. The Morgan fingerprint density at radius 2 is 1.94 bits per heavy atom. The average Bonchev–Trinajstić information content (AvgIpc) is 3.38. The molecule has 0 radical (unpaired) electrons. The lowest BCUT2D eigenvalue weighted by Gasteiger charge is -2.14. The van der Waals surface area contributed by atoms with Crippen molar-refractivity contribution in [3.05, 3.63) is 76.7 Å². The van der Waals surface area contributed by atoms with E-state index in [0.717, 1.165) is 39.3 Å². The van der Waals surface area contributed by atoms with Gasteiger partial charge in [0.1, 0.15) is 5.75 Å². The van der Waals surface area contributed by atoms with Crippen molar-refractivity contribution in [3.63, 3.8) is 0 Å². The van der Waals surface area contributed by atoms with Crippen LogP contribution in [0.4, 0.5) is 0 Å². The maximum absolute atomic E-state index is 13.2. The molecule has 2 aromatic carbocycles. The first-order valence-corrected chi connectivity index (χ1v) is 11.7. The molecule has 1 amide bonds. The van der Waals surface area contributed by atoms with Crippen molar-refractivity contribution in [3.8, 4) is 11.4 Å². The third-order valence-electron chi connectivity index (χ3n) is 6.14. The van der Waals surface area contributed by atoms with Crippen molar-refractivity contribution in [2.75, 3.05) is 7.11 Å². The molecular formula is C27H31ClN4O2. The van der Waals surface area contributed by atoms with Crippen molar-refractivity contribution >= 4 is 28.4 Å². The number of amides is 1. The lowest BCUT2D eigenvalue weighted by atomic mass is 9.92. The van der Waals surface area contributed by atoms with E-state index < -0.39 is 0 Å². The molecule has 0 aliphatic heterocycles. The molecule has 6 nitrogen and oxygen atoms in total. The zero-order valence-corrected chi connectivity index (χ0v) is 21.3. The molecule has 4 rings (SSSR count). The Hall–Kier alpha value is -3.25. The molecule has 178 valence electrons. The summed E-state index contributed by atoms with van der Waals surface area (Å²) in [5, 5.41) is 9.60. The minimum absolute atomic E-state index is 0.0496. The number of carbonyl (C=O) groups excluding carboxylic acids is 1. The highest BCUT2D eigenvalue weighted by Crippen LogP contribution is 2.31. The number of fused-ring (bicyclic) bond motifs is 1. The largest absolute Gasteiger partial charge is 0.497 e. The quantitative estimate of drug-likeness (QED) is 0.384. The van der Waals surface area contributed by atoms with Crippen LogP contribution in [-0.2, 0) is 23.8 Å². The predicted octanol–water partition coefficient (Wildman–Crippen LogP) is 5.74. The van der Waals surface area contributed by atoms with E-state index in [1.165, 1.54) is 0 Å². The van der Waals surface area contributed by atoms with Crippen LogP contribution in [0.15, 0.2) is 54.7 Å². The number of hydrogen-bond acceptors (Lipinski definition) is 3. The van der Waals surface area contributed by atoms with Crippen LogP contribution in [-0.4, -0.2) is 27.4 Å². The van der Waals surface area contributed by atoms with Gasteiger partial charge in [-0.05, 0) is 55.0 Å². The van der Waals surface area contributed by atoms with E-state index in [2.05, 4.69) is 32.2 Å². The number of benzene rings is 2. The van der Waals surface area contributed by atoms with Gasteiger partial charge in [0.2, 0.25) is 5.91 Å². The van der Waals surface area contributed by atoms with Crippen molar-refractivity contribution < 1.29 is 9.53 Å². The van der Waals surface area contributed by atoms with E-state index in [0.29, 0.717) is 11.6 Å². The van der Waals surface area contributed by atoms with Crippen LogP contribution in [0.2, 0.25) is 5.02 Å². The van der Waals surface area contributed by atoms with Gasteiger partial charge in [0.05, 0.1) is 36.6 Å². The highest BCUT2D eigenvalue weighted by atomic mass is 35.5. The number of methoxy groups -OCH3 is 1. The van der Waals surface area contributed by atoms with Gasteiger partial charge in [-0.2, -0.15) is 5.10 Å². The fourth-order valence-corrected chi connectivity index (χ4v) is 4.27. The Labute approximate surface area is 205 Å². The van der Waals surface area contributed by atoms with E-state index in [9.17, 15) is 4.79 Å². The van der Waals surface area contributed by atoms with Gasteiger partial charge in [-0.3, -0.25) is 4.79 Å². The Kier molecular flexibility index (Phi) is 6.45. The molecule has 0 saturated heterocycles. The molecule has 0 saturated carbocycles. The summed E-state index contributed by atoms with van der Waals surface area (Å²) in [5.41, 5.74) is 4.61. The summed E-state index contributed by atoms with van der Waals surface area (Å²) in [6, 6.07) is 15.5.